The van der Waals surface area contributed by atoms with Crippen LogP contribution in [-0.2, 0) is 18.9 Å². The fourth-order valence-corrected chi connectivity index (χ4v) is 4.67. The van der Waals surface area contributed by atoms with Crippen LogP contribution in [0, 0.1) is 11.8 Å². The fourth-order valence-electron chi connectivity index (χ4n) is 4.67. The number of epoxide rings is 2. The van der Waals surface area contributed by atoms with Gasteiger partial charge < -0.3 is 18.9 Å². The van der Waals surface area contributed by atoms with Crippen molar-refractivity contribution in [2.75, 3.05) is 26.4 Å². The summed E-state index contributed by atoms with van der Waals surface area (Å²) in [7, 11) is 0. The molecule has 2 saturated carbocycles. The Hall–Kier alpha value is -0.160. The highest BCUT2D eigenvalue weighted by Crippen LogP contribution is 2.36. The number of hydrogen-bond acceptors (Lipinski definition) is 4. The molecule has 6 atom stereocenters. The minimum atomic E-state index is 0.397. The number of hydrogen-bond donors (Lipinski definition) is 0. The Kier molecular flexibility index (Phi) is 6.10. The highest BCUT2D eigenvalue weighted by molar-refractivity contribution is 4.82. The van der Waals surface area contributed by atoms with Crippen LogP contribution in [0.15, 0.2) is 0 Å². The van der Waals surface area contributed by atoms with E-state index in [-0.39, 0.29) is 0 Å². The Morgan fingerprint density at radius 2 is 1.04 bits per heavy atom. The van der Waals surface area contributed by atoms with Crippen molar-refractivity contribution in [2.24, 2.45) is 11.8 Å². The van der Waals surface area contributed by atoms with Crippen molar-refractivity contribution in [3.8, 4) is 0 Å². The van der Waals surface area contributed by atoms with E-state index in [2.05, 4.69) is 0 Å². The Balaban J connectivity index is 1.22. The van der Waals surface area contributed by atoms with Gasteiger partial charge in [-0.3, -0.25) is 0 Å². The fraction of sp³-hybridized carbons (Fsp3) is 1.00. The molecule has 2 aliphatic carbocycles. The lowest BCUT2D eigenvalue weighted by atomic mass is 9.77. The van der Waals surface area contributed by atoms with E-state index in [4.69, 9.17) is 18.9 Å². The molecule has 4 rings (SSSR count). The first kappa shape index (κ1) is 17.3. The minimum Gasteiger partial charge on any atom is -0.375 e. The first-order valence-corrected chi connectivity index (χ1v) is 10.3. The van der Waals surface area contributed by atoms with E-state index in [9.17, 15) is 0 Å². The van der Waals surface area contributed by atoms with Crippen molar-refractivity contribution in [3.05, 3.63) is 0 Å². The normalized spacial score (nSPS) is 42.0. The zero-order valence-electron chi connectivity index (χ0n) is 15.0. The summed E-state index contributed by atoms with van der Waals surface area (Å²) in [5.41, 5.74) is 0. The lowest BCUT2D eigenvalue weighted by Gasteiger charge is -2.35. The van der Waals surface area contributed by atoms with Gasteiger partial charge in [-0.2, -0.15) is 0 Å². The molecule has 4 aliphatic rings. The molecule has 0 amide bonds. The molecule has 138 valence electrons. The van der Waals surface area contributed by atoms with Crippen LogP contribution >= 0.6 is 0 Å². The van der Waals surface area contributed by atoms with Crippen LogP contribution < -0.4 is 0 Å². The maximum atomic E-state index is 6.20. The van der Waals surface area contributed by atoms with Gasteiger partial charge in [0, 0.05) is 0 Å². The summed E-state index contributed by atoms with van der Waals surface area (Å²) in [6.07, 6.45) is 15.0. The van der Waals surface area contributed by atoms with Crippen molar-refractivity contribution in [1.29, 1.82) is 0 Å². The summed E-state index contributed by atoms with van der Waals surface area (Å²) in [6, 6.07) is 0. The topological polar surface area (TPSA) is 43.5 Å². The smallest absolute Gasteiger partial charge is 0.104 e. The van der Waals surface area contributed by atoms with Gasteiger partial charge in [-0.05, 0) is 50.4 Å². The van der Waals surface area contributed by atoms with Crippen molar-refractivity contribution in [1.82, 2.24) is 0 Å². The Bertz CT molecular complexity index is 344. The van der Waals surface area contributed by atoms with Gasteiger partial charge in [0.1, 0.15) is 12.2 Å². The first-order valence-electron chi connectivity index (χ1n) is 10.3. The second-order valence-corrected chi connectivity index (χ2v) is 8.32. The Labute approximate surface area is 146 Å². The molecule has 6 unspecified atom stereocenters. The third kappa shape index (κ3) is 5.17. The van der Waals surface area contributed by atoms with E-state index in [1.165, 1.54) is 64.2 Å². The SMILES string of the molecule is C1CCC(OCC2CO2)C(CCC2CCCCC2OCC2CO2)C1. The molecule has 2 heterocycles. The summed E-state index contributed by atoms with van der Waals surface area (Å²) >= 11 is 0. The molecule has 4 fully saturated rings. The molecule has 0 aromatic heterocycles. The van der Waals surface area contributed by atoms with E-state index >= 15 is 0 Å². The third-order valence-corrected chi connectivity index (χ3v) is 6.38. The van der Waals surface area contributed by atoms with Gasteiger partial charge >= 0.3 is 0 Å². The summed E-state index contributed by atoms with van der Waals surface area (Å²) in [4.78, 5) is 0. The van der Waals surface area contributed by atoms with Crippen molar-refractivity contribution < 1.29 is 18.9 Å². The van der Waals surface area contributed by atoms with E-state index in [1.807, 2.05) is 0 Å². The van der Waals surface area contributed by atoms with Crippen LogP contribution in [0.2, 0.25) is 0 Å². The highest BCUT2D eigenvalue weighted by Gasteiger charge is 2.33. The quantitative estimate of drug-likeness (QED) is 0.601. The predicted molar refractivity (Wildman–Crippen MR) is 92.1 cm³/mol. The molecule has 24 heavy (non-hydrogen) atoms. The largest absolute Gasteiger partial charge is 0.375 e. The molecule has 0 bridgehead atoms. The summed E-state index contributed by atoms with van der Waals surface area (Å²) in [5, 5.41) is 0. The molecule has 2 saturated heterocycles. The standard InChI is InChI=1S/C20H34O4/c1-3-7-19(23-13-17-11-21-17)15(5-1)9-10-16-6-2-4-8-20(16)24-14-18-12-22-18/h15-20H,1-14H2. The molecule has 0 radical (unpaired) electrons. The number of rotatable bonds is 9. The average Bonchev–Trinajstić information content (AvgIpc) is 3.52. The zero-order valence-corrected chi connectivity index (χ0v) is 15.0. The molecule has 0 N–H and O–H groups in total. The van der Waals surface area contributed by atoms with Crippen molar-refractivity contribution >= 4 is 0 Å². The highest BCUT2D eigenvalue weighted by atomic mass is 16.6. The van der Waals surface area contributed by atoms with Crippen LogP contribution in [0.1, 0.15) is 64.2 Å². The monoisotopic (exact) mass is 338 g/mol. The molecular formula is C20H34O4. The van der Waals surface area contributed by atoms with E-state index in [0.717, 1.165) is 38.3 Å². The summed E-state index contributed by atoms with van der Waals surface area (Å²) < 4.78 is 23.0. The molecule has 4 nitrogen and oxygen atoms in total. The van der Waals surface area contributed by atoms with Crippen molar-refractivity contribution in [2.45, 2.75) is 88.6 Å². The van der Waals surface area contributed by atoms with Crippen LogP contribution in [0.25, 0.3) is 0 Å². The van der Waals surface area contributed by atoms with Gasteiger partial charge in [-0.15, -0.1) is 0 Å². The van der Waals surface area contributed by atoms with Crippen molar-refractivity contribution in [3.63, 3.8) is 0 Å². The molecule has 4 heteroatoms. The molecule has 0 spiro atoms. The van der Waals surface area contributed by atoms with Gasteiger partial charge in [0.05, 0.1) is 38.6 Å². The van der Waals surface area contributed by atoms with Gasteiger partial charge in [0.15, 0.2) is 0 Å². The first-order chi connectivity index (χ1) is 11.9. The summed E-state index contributed by atoms with van der Waals surface area (Å²) in [6.45, 7) is 3.45. The second kappa shape index (κ2) is 8.48. The van der Waals surface area contributed by atoms with Gasteiger partial charge in [-0.25, -0.2) is 0 Å². The molecule has 0 aromatic carbocycles. The maximum absolute atomic E-state index is 6.20. The third-order valence-electron chi connectivity index (χ3n) is 6.38. The molecule has 2 aliphatic heterocycles. The summed E-state index contributed by atoms with van der Waals surface area (Å²) in [5.74, 6) is 1.51. The van der Waals surface area contributed by atoms with E-state index in [1.54, 1.807) is 0 Å². The van der Waals surface area contributed by atoms with Crippen LogP contribution in [0.4, 0.5) is 0 Å². The molecule has 0 aromatic rings. The zero-order chi connectivity index (χ0) is 16.2. The van der Waals surface area contributed by atoms with E-state index < -0.39 is 0 Å². The van der Waals surface area contributed by atoms with Gasteiger partial charge in [0.2, 0.25) is 0 Å². The minimum absolute atomic E-state index is 0.397. The maximum Gasteiger partial charge on any atom is 0.104 e. The van der Waals surface area contributed by atoms with E-state index in [0.29, 0.717) is 24.4 Å². The Morgan fingerprint density at radius 3 is 1.46 bits per heavy atom. The van der Waals surface area contributed by atoms with Crippen LogP contribution in [0.5, 0.6) is 0 Å². The van der Waals surface area contributed by atoms with Crippen LogP contribution in [-0.4, -0.2) is 50.8 Å². The van der Waals surface area contributed by atoms with Crippen LogP contribution in [0.3, 0.4) is 0 Å². The predicted octanol–water partition coefficient (Wildman–Crippen LogP) is 3.72. The number of ether oxygens (including phenoxy) is 4. The van der Waals surface area contributed by atoms with Gasteiger partial charge in [-0.1, -0.05) is 25.7 Å². The molecular weight excluding hydrogens is 304 g/mol. The van der Waals surface area contributed by atoms with Gasteiger partial charge in [0.25, 0.3) is 0 Å². The lowest BCUT2D eigenvalue weighted by molar-refractivity contribution is -0.0372. The second-order valence-electron chi connectivity index (χ2n) is 8.32. The lowest BCUT2D eigenvalue weighted by Crippen LogP contribution is -2.32. The average molecular weight is 338 g/mol. The Morgan fingerprint density at radius 1 is 0.625 bits per heavy atom.